The van der Waals surface area contributed by atoms with E-state index in [2.05, 4.69) is 34.3 Å². The molecular weight excluding hydrogens is 230 g/mol. The molecule has 0 unspecified atom stereocenters. The summed E-state index contributed by atoms with van der Waals surface area (Å²) in [7, 11) is 0. The number of rotatable bonds is 4. The van der Waals surface area contributed by atoms with Gasteiger partial charge in [-0.05, 0) is 26.2 Å². The van der Waals surface area contributed by atoms with Crippen molar-refractivity contribution < 1.29 is 0 Å². The van der Waals surface area contributed by atoms with Crippen LogP contribution < -0.4 is 11.0 Å². The quantitative estimate of drug-likeness (QED) is 0.861. The van der Waals surface area contributed by atoms with Crippen LogP contribution in [-0.4, -0.2) is 26.1 Å². The Morgan fingerprint density at radius 1 is 1.39 bits per heavy atom. The summed E-state index contributed by atoms with van der Waals surface area (Å²) in [6.07, 6.45) is 1.03. The van der Waals surface area contributed by atoms with Gasteiger partial charge in [0.25, 0.3) is 0 Å². The summed E-state index contributed by atoms with van der Waals surface area (Å²) in [5, 5.41) is 9.70. The highest BCUT2D eigenvalue weighted by molar-refractivity contribution is 5.52. The van der Waals surface area contributed by atoms with Crippen molar-refractivity contribution in [2.75, 3.05) is 11.9 Å². The SMILES string of the molecule is Cc1nc(NCCC(C)C)n2c(=O)[nH]nc2c1C. The van der Waals surface area contributed by atoms with Gasteiger partial charge in [-0.2, -0.15) is 5.10 Å². The summed E-state index contributed by atoms with van der Waals surface area (Å²) >= 11 is 0. The lowest BCUT2D eigenvalue weighted by Crippen LogP contribution is -2.18. The van der Waals surface area contributed by atoms with Gasteiger partial charge in [-0.1, -0.05) is 13.8 Å². The van der Waals surface area contributed by atoms with Crippen molar-refractivity contribution >= 4 is 11.6 Å². The second-order valence-corrected chi connectivity index (χ2v) is 4.94. The minimum absolute atomic E-state index is 0.257. The highest BCUT2D eigenvalue weighted by Gasteiger charge is 2.12. The van der Waals surface area contributed by atoms with Gasteiger partial charge in [0.1, 0.15) is 0 Å². The molecule has 2 aromatic rings. The number of anilines is 1. The minimum Gasteiger partial charge on any atom is -0.355 e. The highest BCUT2D eigenvalue weighted by atomic mass is 16.1. The van der Waals surface area contributed by atoms with Gasteiger partial charge in [-0.15, -0.1) is 0 Å². The first-order valence-corrected chi connectivity index (χ1v) is 6.19. The van der Waals surface area contributed by atoms with Gasteiger partial charge in [0.15, 0.2) is 5.65 Å². The molecule has 18 heavy (non-hydrogen) atoms. The van der Waals surface area contributed by atoms with Crippen molar-refractivity contribution in [1.29, 1.82) is 0 Å². The van der Waals surface area contributed by atoms with E-state index < -0.39 is 0 Å². The predicted octanol–water partition coefficient (Wildman–Crippen LogP) is 1.49. The number of fused-ring (bicyclic) bond motifs is 1. The first kappa shape index (κ1) is 12.6. The third-order valence-corrected chi connectivity index (χ3v) is 3.04. The van der Waals surface area contributed by atoms with E-state index in [1.165, 1.54) is 4.40 Å². The third kappa shape index (κ3) is 2.23. The van der Waals surface area contributed by atoms with E-state index in [0.29, 0.717) is 17.5 Å². The molecule has 2 N–H and O–H groups in total. The Balaban J connectivity index is 2.40. The van der Waals surface area contributed by atoms with E-state index in [9.17, 15) is 4.79 Å². The van der Waals surface area contributed by atoms with E-state index in [-0.39, 0.29) is 5.69 Å². The number of hydrogen-bond donors (Lipinski definition) is 2. The molecule has 0 aliphatic carbocycles. The Kier molecular flexibility index (Phi) is 3.36. The van der Waals surface area contributed by atoms with Crippen LogP contribution in [0.1, 0.15) is 31.5 Å². The average molecular weight is 249 g/mol. The monoisotopic (exact) mass is 249 g/mol. The van der Waals surface area contributed by atoms with Crippen LogP contribution in [-0.2, 0) is 0 Å². The molecule has 0 radical (unpaired) electrons. The lowest BCUT2D eigenvalue weighted by Gasteiger charge is -2.10. The number of aromatic nitrogens is 4. The van der Waals surface area contributed by atoms with Gasteiger partial charge in [0, 0.05) is 17.8 Å². The van der Waals surface area contributed by atoms with Crippen molar-refractivity contribution in [3.8, 4) is 0 Å². The lowest BCUT2D eigenvalue weighted by molar-refractivity contribution is 0.605. The van der Waals surface area contributed by atoms with Gasteiger partial charge >= 0.3 is 5.69 Å². The number of H-pyrrole nitrogens is 1. The molecule has 0 aromatic carbocycles. The predicted molar refractivity (Wildman–Crippen MR) is 71.0 cm³/mol. The van der Waals surface area contributed by atoms with Crippen molar-refractivity contribution in [3.05, 3.63) is 21.7 Å². The number of nitrogens with one attached hydrogen (secondary N) is 2. The van der Waals surface area contributed by atoms with Crippen LogP contribution >= 0.6 is 0 Å². The lowest BCUT2D eigenvalue weighted by atomic mass is 10.1. The van der Waals surface area contributed by atoms with Crippen molar-refractivity contribution in [3.63, 3.8) is 0 Å². The number of hydrogen-bond acceptors (Lipinski definition) is 4. The fraction of sp³-hybridized carbons (Fsp3) is 0.583. The summed E-state index contributed by atoms with van der Waals surface area (Å²) in [6.45, 7) is 8.95. The molecule has 0 amide bonds. The van der Waals surface area contributed by atoms with Crippen LogP contribution in [0.2, 0.25) is 0 Å². The smallest absolute Gasteiger partial charge is 0.350 e. The fourth-order valence-corrected chi connectivity index (χ4v) is 1.79. The standard InChI is InChI=1S/C12H19N5O/c1-7(2)5-6-13-11-14-9(4)8(3)10-15-16-12(18)17(10)11/h7H,5-6H2,1-4H3,(H,13,14)(H,16,18). The Morgan fingerprint density at radius 3 is 2.78 bits per heavy atom. The third-order valence-electron chi connectivity index (χ3n) is 3.04. The summed E-state index contributed by atoms with van der Waals surface area (Å²) in [6, 6.07) is 0. The number of aryl methyl sites for hydroxylation is 2. The van der Waals surface area contributed by atoms with Crippen LogP contribution in [0.4, 0.5) is 5.95 Å². The molecular formula is C12H19N5O. The van der Waals surface area contributed by atoms with E-state index in [0.717, 1.165) is 24.2 Å². The van der Waals surface area contributed by atoms with Crippen molar-refractivity contribution in [2.45, 2.75) is 34.1 Å². The summed E-state index contributed by atoms with van der Waals surface area (Å²) in [4.78, 5) is 16.1. The van der Waals surface area contributed by atoms with Crippen molar-refractivity contribution in [1.82, 2.24) is 19.6 Å². The fourth-order valence-electron chi connectivity index (χ4n) is 1.79. The Labute approximate surface area is 105 Å². The maximum atomic E-state index is 11.7. The Hall–Kier alpha value is -1.85. The molecule has 2 heterocycles. The largest absolute Gasteiger partial charge is 0.355 e. The molecule has 0 fully saturated rings. The molecule has 6 nitrogen and oxygen atoms in total. The maximum absolute atomic E-state index is 11.7. The van der Waals surface area contributed by atoms with E-state index in [1.807, 2.05) is 13.8 Å². The minimum atomic E-state index is -0.257. The van der Waals surface area contributed by atoms with Crippen LogP contribution in [0.5, 0.6) is 0 Å². The molecule has 98 valence electrons. The van der Waals surface area contributed by atoms with Gasteiger partial charge in [-0.3, -0.25) is 0 Å². The zero-order valence-corrected chi connectivity index (χ0v) is 11.2. The molecule has 2 rings (SSSR count). The number of aromatic amines is 1. The second kappa shape index (κ2) is 4.80. The highest BCUT2D eigenvalue weighted by Crippen LogP contribution is 2.13. The van der Waals surface area contributed by atoms with E-state index >= 15 is 0 Å². The normalized spacial score (nSPS) is 11.4. The topological polar surface area (TPSA) is 75.1 Å². The summed E-state index contributed by atoms with van der Waals surface area (Å²) in [5.74, 6) is 1.17. The molecule has 0 aliphatic heterocycles. The van der Waals surface area contributed by atoms with Gasteiger partial charge in [0.2, 0.25) is 5.95 Å². The average Bonchev–Trinajstić information content (AvgIpc) is 2.67. The first-order chi connectivity index (χ1) is 8.50. The van der Waals surface area contributed by atoms with Gasteiger partial charge in [-0.25, -0.2) is 19.3 Å². The van der Waals surface area contributed by atoms with Crippen LogP contribution in [0.25, 0.3) is 5.65 Å². The Bertz CT molecular complexity index is 611. The second-order valence-electron chi connectivity index (χ2n) is 4.94. The first-order valence-electron chi connectivity index (χ1n) is 6.19. The molecule has 6 heteroatoms. The van der Waals surface area contributed by atoms with Crippen molar-refractivity contribution in [2.24, 2.45) is 5.92 Å². The molecule has 0 spiro atoms. The molecule has 0 saturated carbocycles. The maximum Gasteiger partial charge on any atom is 0.350 e. The Morgan fingerprint density at radius 2 is 2.11 bits per heavy atom. The van der Waals surface area contributed by atoms with Crippen LogP contribution in [0.3, 0.4) is 0 Å². The van der Waals surface area contributed by atoms with E-state index in [4.69, 9.17) is 0 Å². The van der Waals surface area contributed by atoms with Gasteiger partial charge < -0.3 is 5.32 Å². The van der Waals surface area contributed by atoms with Gasteiger partial charge in [0.05, 0.1) is 0 Å². The van der Waals surface area contributed by atoms with E-state index in [1.54, 1.807) is 0 Å². The number of nitrogens with zero attached hydrogens (tertiary/aromatic N) is 3. The van der Waals surface area contributed by atoms with Crippen LogP contribution in [0.15, 0.2) is 4.79 Å². The zero-order chi connectivity index (χ0) is 13.3. The molecule has 0 aliphatic rings. The molecule has 0 atom stereocenters. The molecule has 0 bridgehead atoms. The molecule has 0 saturated heterocycles. The summed E-state index contributed by atoms with van der Waals surface area (Å²) in [5.41, 5.74) is 2.18. The molecule has 2 aromatic heterocycles. The van der Waals surface area contributed by atoms with Crippen LogP contribution in [0, 0.1) is 19.8 Å². The summed E-state index contributed by atoms with van der Waals surface area (Å²) < 4.78 is 1.49. The zero-order valence-electron chi connectivity index (χ0n) is 11.2.